The molecule has 1 heterocycles. The van der Waals surface area contributed by atoms with Crippen LogP contribution < -0.4 is 5.32 Å². The fourth-order valence-corrected chi connectivity index (χ4v) is 2.66. The van der Waals surface area contributed by atoms with Crippen LogP contribution in [-0.4, -0.2) is 17.0 Å². The van der Waals surface area contributed by atoms with E-state index in [0.29, 0.717) is 11.0 Å². The number of nitrogens with one attached hydrogen (secondary N) is 1. The van der Waals surface area contributed by atoms with E-state index in [4.69, 9.17) is 11.6 Å². The zero-order valence-corrected chi connectivity index (χ0v) is 13.6. The third-order valence-corrected chi connectivity index (χ3v) is 4.27. The number of anilines is 1. The van der Waals surface area contributed by atoms with Crippen molar-refractivity contribution in [3.63, 3.8) is 0 Å². The Kier molecular flexibility index (Phi) is 4.55. The topological polar surface area (TPSA) is 37.8 Å². The Bertz CT molecular complexity index is 591. The number of nitrogens with zero attached hydrogens (tertiary/aromatic N) is 2. The molecule has 0 saturated carbocycles. The first-order valence-electron chi connectivity index (χ1n) is 6.39. The van der Waals surface area contributed by atoms with Gasteiger partial charge in [-0.05, 0) is 23.1 Å². The molecule has 20 heavy (non-hydrogen) atoms. The summed E-state index contributed by atoms with van der Waals surface area (Å²) in [6.07, 6.45) is 1.62. The highest BCUT2D eigenvalue weighted by atomic mass is 35.5. The molecule has 5 heteroatoms. The highest BCUT2D eigenvalue weighted by Crippen LogP contribution is 2.33. The van der Waals surface area contributed by atoms with Crippen molar-refractivity contribution in [1.82, 2.24) is 9.97 Å². The third kappa shape index (κ3) is 3.64. The first-order valence-corrected chi connectivity index (χ1v) is 7.58. The number of hydrogen-bond acceptors (Lipinski definition) is 4. The van der Waals surface area contributed by atoms with Crippen molar-refractivity contribution in [2.45, 2.75) is 36.1 Å². The molecule has 3 nitrogen and oxygen atoms in total. The number of benzene rings is 1. The molecule has 0 aliphatic rings. The maximum atomic E-state index is 6.13. The molecule has 1 aromatic heterocycles. The molecule has 0 fully saturated rings. The number of rotatable bonds is 3. The second kappa shape index (κ2) is 6.02. The van der Waals surface area contributed by atoms with E-state index in [0.717, 1.165) is 9.92 Å². The minimum absolute atomic E-state index is 0.162. The van der Waals surface area contributed by atoms with Crippen molar-refractivity contribution in [3.05, 3.63) is 41.0 Å². The van der Waals surface area contributed by atoms with E-state index in [2.05, 4.69) is 60.3 Å². The van der Waals surface area contributed by atoms with Crippen LogP contribution in [0.25, 0.3) is 0 Å². The molecule has 2 aromatic rings. The van der Waals surface area contributed by atoms with E-state index in [1.54, 1.807) is 25.0 Å². The van der Waals surface area contributed by atoms with Gasteiger partial charge in [-0.1, -0.05) is 56.3 Å². The van der Waals surface area contributed by atoms with Crippen LogP contribution >= 0.6 is 23.4 Å². The first kappa shape index (κ1) is 15.1. The van der Waals surface area contributed by atoms with Crippen molar-refractivity contribution in [3.8, 4) is 0 Å². The maximum Gasteiger partial charge on any atom is 0.223 e. The SMILES string of the molecule is CNc1ncc(Cl)c(Sc2ccc(C(C)(C)C)cc2)n1. The van der Waals surface area contributed by atoms with Gasteiger partial charge in [-0.15, -0.1) is 0 Å². The van der Waals surface area contributed by atoms with Crippen LogP contribution in [0.1, 0.15) is 26.3 Å². The molecular weight excluding hydrogens is 290 g/mol. The molecule has 1 aromatic carbocycles. The Balaban J connectivity index is 2.22. The molecule has 0 unspecified atom stereocenters. The third-order valence-electron chi connectivity index (χ3n) is 2.87. The van der Waals surface area contributed by atoms with Crippen LogP contribution in [0, 0.1) is 0 Å². The number of halogens is 1. The molecule has 0 bridgehead atoms. The second-order valence-corrected chi connectivity index (χ2v) is 6.94. The highest BCUT2D eigenvalue weighted by Gasteiger charge is 2.13. The summed E-state index contributed by atoms with van der Waals surface area (Å²) in [4.78, 5) is 9.56. The van der Waals surface area contributed by atoms with Crippen LogP contribution in [0.3, 0.4) is 0 Å². The van der Waals surface area contributed by atoms with E-state index >= 15 is 0 Å². The molecule has 0 aliphatic heterocycles. The molecule has 0 atom stereocenters. The van der Waals surface area contributed by atoms with E-state index in [1.165, 1.54) is 5.56 Å². The van der Waals surface area contributed by atoms with Crippen molar-refractivity contribution in [2.75, 3.05) is 12.4 Å². The van der Waals surface area contributed by atoms with Gasteiger partial charge >= 0.3 is 0 Å². The molecule has 2 rings (SSSR count). The molecule has 0 radical (unpaired) electrons. The van der Waals surface area contributed by atoms with Crippen LogP contribution in [0.4, 0.5) is 5.95 Å². The van der Waals surface area contributed by atoms with Crippen LogP contribution in [0.15, 0.2) is 40.4 Å². The van der Waals surface area contributed by atoms with Crippen LogP contribution in [-0.2, 0) is 5.41 Å². The largest absolute Gasteiger partial charge is 0.357 e. The Morgan fingerprint density at radius 2 is 1.80 bits per heavy atom. The summed E-state index contributed by atoms with van der Waals surface area (Å²) in [5.74, 6) is 0.572. The van der Waals surface area contributed by atoms with Gasteiger partial charge < -0.3 is 5.32 Å². The predicted molar refractivity (Wildman–Crippen MR) is 85.9 cm³/mol. The van der Waals surface area contributed by atoms with Crippen molar-refractivity contribution >= 4 is 29.3 Å². The lowest BCUT2D eigenvalue weighted by Crippen LogP contribution is -2.10. The molecule has 0 spiro atoms. The Hall–Kier alpha value is -1.26. The van der Waals surface area contributed by atoms with E-state index in [9.17, 15) is 0 Å². The Morgan fingerprint density at radius 1 is 1.15 bits per heavy atom. The second-order valence-electron chi connectivity index (χ2n) is 5.47. The number of aromatic nitrogens is 2. The fourth-order valence-electron chi connectivity index (χ4n) is 1.68. The monoisotopic (exact) mass is 307 g/mol. The van der Waals surface area contributed by atoms with Gasteiger partial charge in [0.25, 0.3) is 0 Å². The first-order chi connectivity index (χ1) is 9.40. The zero-order chi connectivity index (χ0) is 14.8. The van der Waals surface area contributed by atoms with Gasteiger partial charge in [0.2, 0.25) is 5.95 Å². The minimum Gasteiger partial charge on any atom is -0.357 e. The lowest BCUT2D eigenvalue weighted by atomic mass is 9.87. The van der Waals surface area contributed by atoms with Crippen molar-refractivity contribution in [2.24, 2.45) is 0 Å². The molecule has 0 amide bonds. The smallest absolute Gasteiger partial charge is 0.223 e. The van der Waals surface area contributed by atoms with Gasteiger partial charge in [-0.3, -0.25) is 0 Å². The average molecular weight is 308 g/mol. The fraction of sp³-hybridized carbons (Fsp3) is 0.333. The quantitative estimate of drug-likeness (QED) is 0.840. The van der Waals surface area contributed by atoms with Gasteiger partial charge in [-0.2, -0.15) is 0 Å². The summed E-state index contributed by atoms with van der Waals surface area (Å²) in [6.45, 7) is 6.61. The van der Waals surface area contributed by atoms with Gasteiger partial charge in [-0.25, -0.2) is 9.97 Å². The summed E-state index contributed by atoms with van der Waals surface area (Å²) >= 11 is 7.67. The van der Waals surface area contributed by atoms with E-state index in [-0.39, 0.29) is 5.41 Å². The lowest BCUT2D eigenvalue weighted by molar-refractivity contribution is 0.590. The molecule has 106 valence electrons. The normalized spacial score (nSPS) is 11.4. The van der Waals surface area contributed by atoms with Crippen molar-refractivity contribution in [1.29, 1.82) is 0 Å². The summed E-state index contributed by atoms with van der Waals surface area (Å²) in [6, 6.07) is 8.50. The van der Waals surface area contributed by atoms with Gasteiger partial charge in [0.05, 0.1) is 11.2 Å². The van der Waals surface area contributed by atoms with Crippen molar-refractivity contribution < 1.29 is 0 Å². The Labute approximate surface area is 129 Å². The van der Waals surface area contributed by atoms with Crippen LogP contribution in [0.2, 0.25) is 5.02 Å². The van der Waals surface area contributed by atoms with E-state index in [1.807, 2.05) is 0 Å². The minimum atomic E-state index is 0.162. The van der Waals surface area contributed by atoms with Gasteiger partial charge in [0.1, 0.15) is 5.03 Å². The molecule has 1 N–H and O–H groups in total. The summed E-state index contributed by atoms with van der Waals surface area (Å²) in [7, 11) is 1.79. The molecular formula is C15H18ClN3S. The summed E-state index contributed by atoms with van der Waals surface area (Å²) in [5, 5.41) is 4.24. The standard InChI is InChI=1S/C15H18ClN3S/c1-15(2,3)10-5-7-11(8-6-10)20-13-12(16)9-18-14(17-4)19-13/h5-9H,1-4H3,(H,17,18,19). The van der Waals surface area contributed by atoms with Gasteiger partial charge in [0.15, 0.2) is 0 Å². The lowest BCUT2D eigenvalue weighted by Gasteiger charge is -2.19. The summed E-state index contributed by atoms with van der Waals surface area (Å²) < 4.78 is 0. The molecule has 0 saturated heterocycles. The van der Waals surface area contributed by atoms with E-state index < -0.39 is 0 Å². The van der Waals surface area contributed by atoms with Gasteiger partial charge in [0, 0.05) is 11.9 Å². The predicted octanol–water partition coefficient (Wildman–Crippen LogP) is 4.62. The maximum absolute atomic E-state index is 6.13. The zero-order valence-electron chi connectivity index (χ0n) is 12.1. The summed E-state index contributed by atoms with van der Waals surface area (Å²) in [5.41, 5.74) is 1.47. The highest BCUT2D eigenvalue weighted by molar-refractivity contribution is 7.99. The van der Waals surface area contributed by atoms with Crippen LogP contribution in [0.5, 0.6) is 0 Å². The Morgan fingerprint density at radius 3 is 2.35 bits per heavy atom. The average Bonchev–Trinajstić information content (AvgIpc) is 2.41. The molecule has 0 aliphatic carbocycles. The number of hydrogen-bond donors (Lipinski definition) is 1.